The standard InChI is InChI=1S/C9H13/c1-3-5-7-9-8-6-4-2/h8-9H,3,5-7H2,1H3/b9-8+. The van der Waals surface area contributed by atoms with Crippen molar-refractivity contribution in [3.8, 4) is 5.92 Å². The Morgan fingerprint density at radius 3 is 2.78 bits per heavy atom. The Bertz CT molecular complexity index is 104. The lowest BCUT2D eigenvalue weighted by Crippen LogP contribution is -1.65. The Morgan fingerprint density at radius 1 is 1.44 bits per heavy atom. The van der Waals surface area contributed by atoms with E-state index >= 15 is 0 Å². The maximum atomic E-state index is 6.58. The van der Waals surface area contributed by atoms with Crippen LogP contribution in [0.25, 0.3) is 0 Å². The lowest BCUT2D eigenvalue weighted by molar-refractivity contribution is 0.813. The molecule has 0 heteroatoms. The highest BCUT2D eigenvalue weighted by molar-refractivity contribution is 4.92. The van der Waals surface area contributed by atoms with Gasteiger partial charge in [-0.25, -0.2) is 0 Å². The van der Waals surface area contributed by atoms with E-state index in [1.165, 1.54) is 12.8 Å². The van der Waals surface area contributed by atoms with Crippen LogP contribution in [-0.2, 0) is 0 Å². The van der Waals surface area contributed by atoms with Crippen LogP contribution in [0.4, 0.5) is 0 Å². The van der Waals surface area contributed by atoms with Crippen LogP contribution in [0.2, 0.25) is 0 Å². The van der Waals surface area contributed by atoms with Crippen LogP contribution in [-0.4, -0.2) is 0 Å². The van der Waals surface area contributed by atoms with E-state index in [4.69, 9.17) is 6.42 Å². The minimum atomic E-state index is 0.670. The summed E-state index contributed by atoms with van der Waals surface area (Å²) in [4.78, 5) is 0. The first kappa shape index (κ1) is 8.30. The fraction of sp³-hybridized carbons (Fsp3) is 0.556. The molecule has 0 aromatic heterocycles. The van der Waals surface area contributed by atoms with Gasteiger partial charge in [-0.2, -0.15) is 0 Å². The zero-order valence-corrected chi connectivity index (χ0v) is 5.98. The lowest BCUT2D eigenvalue weighted by Gasteiger charge is -1.85. The number of unbranched alkanes of at least 4 members (excludes halogenated alkanes) is 2. The predicted octanol–water partition coefficient (Wildman–Crippen LogP) is 2.71. The Hall–Kier alpha value is -0.700. The summed E-state index contributed by atoms with van der Waals surface area (Å²) >= 11 is 0. The SMILES string of the molecule is [C]#CC/C=C/CCCC. The number of allylic oxidation sites excluding steroid dienone is 2. The molecule has 0 N–H and O–H groups in total. The first-order valence-corrected chi connectivity index (χ1v) is 3.46. The smallest absolute Gasteiger partial charge is 0.0279 e. The molecule has 0 atom stereocenters. The van der Waals surface area contributed by atoms with E-state index in [0.29, 0.717) is 6.42 Å². The van der Waals surface area contributed by atoms with E-state index in [2.05, 4.69) is 18.9 Å². The summed E-state index contributed by atoms with van der Waals surface area (Å²) in [6.07, 6.45) is 15.0. The van der Waals surface area contributed by atoms with Crippen LogP contribution in [0.15, 0.2) is 12.2 Å². The Balaban J connectivity index is 2.97. The van der Waals surface area contributed by atoms with Gasteiger partial charge in [0, 0.05) is 6.42 Å². The first-order valence-electron chi connectivity index (χ1n) is 3.46. The van der Waals surface area contributed by atoms with Gasteiger partial charge in [0.15, 0.2) is 0 Å². The third-order valence-electron chi connectivity index (χ3n) is 1.11. The zero-order valence-electron chi connectivity index (χ0n) is 5.98. The van der Waals surface area contributed by atoms with Crippen LogP contribution in [0.1, 0.15) is 32.6 Å². The summed E-state index contributed by atoms with van der Waals surface area (Å²) in [6, 6.07) is 0. The maximum absolute atomic E-state index is 6.58. The molecule has 0 aromatic rings. The molecule has 0 aliphatic rings. The molecule has 0 saturated carbocycles. The Kier molecular flexibility index (Phi) is 6.73. The van der Waals surface area contributed by atoms with Gasteiger partial charge in [-0.3, -0.25) is 0 Å². The van der Waals surface area contributed by atoms with Crippen molar-refractivity contribution < 1.29 is 0 Å². The van der Waals surface area contributed by atoms with Crippen LogP contribution in [0, 0.1) is 12.3 Å². The molecule has 0 rings (SSSR count). The van der Waals surface area contributed by atoms with Gasteiger partial charge in [0.25, 0.3) is 0 Å². The van der Waals surface area contributed by atoms with E-state index in [9.17, 15) is 0 Å². The third kappa shape index (κ3) is 7.30. The van der Waals surface area contributed by atoms with E-state index in [-0.39, 0.29) is 0 Å². The second-order valence-corrected chi connectivity index (χ2v) is 1.99. The molecule has 0 bridgehead atoms. The Labute approximate surface area is 58.0 Å². The molecular formula is C9H13. The third-order valence-corrected chi connectivity index (χ3v) is 1.11. The lowest BCUT2D eigenvalue weighted by atomic mass is 10.2. The van der Waals surface area contributed by atoms with Gasteiger partial charge in [0.2, 0.25) is 0 Å². The quantitative estimate of drug-likeness (QED) is 0.305. The summed E-state index contributed by atoms with van der Waals surface area (Å²) < 4.78 is 0. The number of rotatable bonds is 4. The maximum Gasteiger partial charge on any atom is 0.0279 e. The number of hydrogen-bond acceptors (Lipinski definition) is 0. The van der Waals surface area contributed by atoms with Gasteiger partial charge >= 0.3 is 0 Å². The normalized spacial score (nSPS) is 9.78. The minimum absolute atomic E-state index is 0.670. The molecule has 0 spiro atoms. The van der Waals surface area contributed by atoms with Crippen molar-refractivity contribution in [1.29, 1.82) is 0 Å². The fourth-order valence-corrected chi connectivity index (χ4v) is 0.582. The van der Waals surface area contributed by atoms with Gasteiger partial charge in [-0.15, -0.1) is 0 Å². The molecule has 0 nitrogen and oxygen atoms in total. The summed E-state index contributed by atoms with van der Waals surface area (Å²) in [7, 11) is 0. The summed E-state index contributed by atoms with van der Waals surface area (Å²) in [5.41, 5.74) is 0. The highest BCUT2D eigenvalue weighted by Crippen LogP contribution is 1.95. The fourth-order valence-electron chi connectivity index (χ4n) is 0.582. The highest BCUT2D eigenvalue weighted by Gasteiger charge is 1.75. The summed E-state index contributed by atoms with van der Waals surface area (Å²) in [5, 5.41) is 0. The average molecular weight is 121 g/mol. The van der Waals surface area contributed by atoms with Crippen LogP contribution in [0.5, 0.6) is 0 Å². The molecular weight excluding hydrogens is 108 g/mol. The molecule has 0 fully saturated rings. The van der Waals surface area contributed by atoms with E-state index in [1.54, 1.807) is 0 Å². The van der Waals surface area contributed by atoms with Crippen molar-refractivity contribution >= 4 is 0 Å². The van der Waals surface area contributed by atoms with Gasteiger partial charge in [0.05, 0.1) is 0 Å². The van der Waals surface area contributed by atoms with E-state index in [1.807, 2.05) is 6.08 Å². The highest BCUT2D eigenvalue weighted by atomic mass is 13.8. The van der Waals surface area contributed by atoms with Crippen molar-refractivity contribution in [2.24, 2.45) is 0 Å². The summed E-state index contributed by atoms with van der Waals surface area (Å²) in [6.45, 7) is 2.18. The molecule has 0 saturated heterocycles. The van der Waals surface area contributed by atoms with Crippen molar-refractivity contribution in [2.45, 2.75) is 32.6 Å². The van der Waals surface area contributed by atoms with Gasteiger partial charge in [-0.05, 0) is 12.8 Å². The molecule has 49 valence electrons. The second kappa shape index (κ2) is 7.30. The van der Waals surface area contributed by atoms with Crippen molar-refractivity contribution in [3.05, 3.63) is 18.6 Å². The van der Waals surface area contributed by atoms with Gasteiger partial charge in [-0.1, -0.05) is 37.8 Å². The van der Waals surface area contributed by atoms with Crippen LogP contribution >= 0.6 is 0 Å². The van der Waals surface area contributed by atoms with Crippen LogP contribution in [0.3, 0.4) is 0 Å². The molecule has 0 heterocycles. The minimum Gasteiger partial charge on any atom is -0.0876 e. The molecule has 1 radical (unpaired) electrons. The largest absolute Gasteiger partial charge is 0.0876 e. The monoisotopic (exact) mass is 121 g/mol. The molecule has 0 aliphatic heterocycles. The van der Waals surface area contributed by atoms with Crippen molar-refractivity contribution in [1.82, 2.24) is 0 Å². The molecule has 0 unspecified atom stereocenters. The van der Waals surface area contributed by atoms with Crippen molar-refractivity contribution in [2.75, 3.05) is 0 Å². The average Bonchev–Trinajstić information content (AvgIpc) is 1.89. The molecule has 0 aliphatic carbocycles. The van der Waals surface area contributed by atoms with Gasteiger partial charge < -0.3 is 0 Å². The van der Waals surface area contributed by atoms with E-state index in [0.717, 1.165) is 6.42 Å². The van der Waals surface area contributed by atoms with Crippen molar-refractivity contribution in [3.63, 3.8) is 0 Å². The second-order valence-electron chi connectivity index (χ2n) is 1.99. The predicted molar refractivity (Wildman–Crippen MR) is 40.4 cm³/mol. The molecule has 9 heavy (non-hydrogen) atoms. The van der Waals surface area contributed by atoms with Crippen LogP contribution < -0.4 is 0 Å². The van der Waals surface area contributed by atoms with Gasteiger partial charge in [0.1, 0.15) is 0 Å². The topological polar surface area (TPSA) is 0 Å². The molecule has 0 amide bonds. The van der Waals surface area contributed by atoms with E-state index < -0.39 is 0 Å². The molecule has 0 aromatic carbocycles. The Morgan fingerprint density at radius 2 is 2.22 bits per heavy atom. The zero-order chi connectivity index (χ0) is 6.95. The number of hydrogen-bond donors (Lipinski definition) is 0. The summed E-state index contributed by atoms with van der Waals surface area (Å²) in [5.74, 6) is 2.31. The first-order chi connectivity index (χ1) is 4.41.